The van der Waals surface area contributed by atoms with E-state index in [9.17, 15) is 19.5 Å². The van der Waals surface area contributed by atoms with Gasteiger partial charge in [0.05, 0.1) is 0 Å². The Morgan fingerprint density at radius 2 is 2.21 bits per heavy atom. The van der Waals surface area contributed by atoms with Crippen LogP contribution in [0.5, 0.6) is 0 Å². The quantitative estimate of drug-likeness (QED) is 0.0583. The predicted octanol–water partition coefficient (Wildman–Crippen LogP) is 0.847. The molecule has 4 rings (SSSR count). The largest absolute Gasteiger partial charge is 0.477 e. The number of aliphatic carboxylic acids is 1. The number of nitrogens with zero attached hydrogens (tertiary/aromatic N) is 5. The lowest BCUT2D eigenvalue weighted by Gasteiger charge is -2.49. The van der Waals surface area contributed by atoms with E-state index >= 15 is 0 Å². The number of thiazole rings is 1. The Balaban J connectivity index is 1.45. The molecule has 2 aliphatic heterocycles. The van der Waals surface area contributed by atoms with Gasteiger partial charge in [0.2, 0.25) is 5.95 Å². The summed E-state index contributed by atoms with van der Waals surface area (Å²) in [5, 5.41) is 18.1. The van der Waals surface area contributed by atoms with Crippen LogP contribution in [-0.4, -0.2) is 78.0 Å². The minimum absolute atomic E-state index is 0.129. The standard InChI is InChI=1S/C23H22N8O5S3/c1-3-6-36-30-15(13-10-39-23(25)27-13)18(32)29-16-19(33)31-17(21(34)35)12(9-38-20(16)31)5-4-7-37-14-8-11(2)26-22(24)28-14/h1,4-5,8,10,16,20H,6-7,9H2,2H3,(H2,25,27)(H,29,32)(H,34,35)(H2,24,26,28)/b5-4+,30-15-/t16-,20-/m1/s1. The summed E-state index contributed by atoms with van der Waals surface area (Å²) in [6.45, 7) is 1.63. The van der Waals surface area contributed by atoms with Crippen LogP contribution in [0.1, 0.15) is 11.4 Å². The number of β-lactam (4-membered cyclic amide) rings is 1. The average Bonchev–Trinajstić information content (AvgIpc) is 3.32. The number of fused-ring (bicyclic) bond motifs is 1. The monoisotopic (exact) mass is 586 g/mol. The highest BCUT2D eigenvalue weighted by atomic mass is 32.2. The Hall–Kier alpha value is -4.07. The summed E-state index contributed by atoms with van der Waals surface area (Å²) in [7, 11) is 0. The zero-order valence-electron chi connectivity index (χ0n) is 20.4. The topological polar surface area (TPSA) is 199 Å². The number of oxime groups is 1. The Labute approximate surface area is 235 Å². The third-order valence-corrected chi connectivity index (χ3v) is 8.10. The molecule has 0 aromatic carbocycles. The number of carboxylic acids is 1. The van der Waals surface area contributed by atoms with Gasteiger partial charge in [-0.2, -0.15) is 0 Å². The lowest BCUT2D eigenvalue weighted by Crippen LogP contribution is -2.71. The van der Waals surface area contributed by atoms with Gasteiger partial charge in [0.25, 0.3) is 11.8 Å². The van der Waals surface area contributed by atoms with Gasteiger partial charge in [-0.3, -0.25) is 14.5 Å². The number of nitrogen functional groups attached to an aromatic ring is 2. The molecule has 0 saturated carbocycles. The molecule has 1 saturated heterocycles. The summed E-state index contributed by atoms with van der Waals surface area (Å²) >= 11 is 3.84. The van der Waals surface area contributed by atoms with Crippen molar-refractivity contribution in [1.82, 2.24) is 25.2 Å². The maximum atomic E-state index is 13.0. The van der Waals surface area contributed by atoms with Crippen molar-refractivity contribution in [3.63, 3.8) is 0 Å². The number of nitrogens with one attached hydrogen (secondary N) is 1. The number of amides is 2. The van der Waals surface area contributed by atoms with Crippen LogP contribution in [0.15, 0.2) is 45.1 Å². The Kier molecular flexibility index (Phi) is 8.74. The highest BCUT2D eigenvalue weighted by molar-refractivity contribution is 8.00. The van der Waals surface area contributed by atoms with Crippen LogP contribution >= 0.6 is 34.9 Å². The molecule has 39 heavy (non-hydrogen) atoms. The highest BCUT2D eigenvalue weighted by Gasteiger charge is 2.54. The highest BCUT2D eigenvalue weighted by Crippen LogP contribution is 2.40. The van der Waals surface area contributed by atoms with Crippen LogP contribution in [0, 0.1) is 19.3 Å². The third-order valence-electron chi connectivity index (χ3n) is 5.26. The molecule has 2 aromatic heterocycles. The number of allylic oxidation sites excluding steroid dienone is 1. The number of aromatic nitrogens is 3. The van der Waals surface area contributed by atoms with Crippen molar-refractivity contribution in [2.45, 2.75) is 23.4 Å². The number of carbonyl (C=O) groups is 3. The molecule has 16 heteroatoms. The summed E-state index contributed by atoms with van der Waals surface area (Å²) in [6.07, 6.45) is 8.63. The second kappa shape index (κ2) is 12.2. The summed E-state index contributed by atoms with van der Waals surface area (Å²) < 4.78 is 0. The second-order valence-electron chi connectivity index (χ2n) is 7.95. The van der Waals surface area contributed by atoms with Crippen molar-refractivity contribution in [1.29, 1.82) is 0 Å². The summed E-state index contributed by atoms with van der Waals surface area (Å²) in [4.78, 5) is 56.5. The van der Waals surface area contributed by atoms with Gasteiger partial charge >= 0.3 is 5.97 Å². The van der Waals surface area contributed by atoms with Gasteiger partial charge in [-0.1, -0.05) is 23.2 Å². The van der Waals surface area contributed by atoms with E-state index in [4.69, 9.17) is 22.7 Å². The van der Waals surface area contributed by atoms with Gasteiger partial charge in [-0.25, -0.2) is 19.7 Å². The fourth-order valence-corrected chi connectivity index (χ4v) is 6.32. The molecule has 202 valence electrons. The Morgan fingerprint density at radius 3 is 2.87 bits per heavy atom. The molecule has 2 aliphatic rings. The van der Waals surface area contributed by atoms with Gasteiger partial charge < -0.3 is 26.7 Å². The van der Waals surface area contributed by atoms with Crippen LogP contribution in [0.4, 0.5) is 11.1 Å². The summed E-state index contributed by atoms with van der Waals surface area (Å²) in [6, 6.07) is 0.824. The van der Waals surface area contributed by atoms with E-state index in [2.05, 4.69) is 31.3 Å². The zero-order chi connectivity index (χ0) is 28.1. The molecule has 0 radical (unpaired) electrons. The first kappa shape index (κ1) is 28.0. The molecule has 13 nitrogen and oxygen atoms in total. The van der Waals surface area contributed by atoms with E-state index in [1.54, 1.807) is 18.2 Å². The normalized spacial score (nSPS) is 18.9. The van der Waals surface area contributed by atoms with Crippen molar-refractivity contribution >= 4 is 69.4 Å². The first-order valence-electron chi connectivity index (χ1n) is 11.2. The molecule has 0 bridgehead atoms. The van der Waals surface area contributed by atoms with Gasteiger partial charge in [0, 0.05) is 22.6 Å². The Morgan fingerprint density at radius 1 is 1.41 bits per heavy atom. The number of terminal acetylenes is 1. The van der Waals surface area contributed by atoms with E-state index in [1.807, 2.05) is 6.92 Å². The zero-order valence-corrected chi connectivity index (χ0v) is 22.8. The van der Waals surface area contributed by atoms with Gasteiger partial charge in [-0.15, -0.1) is 41.3 Å². The first-order valence-corrected chi connectivity index (χ1v) is 14.1. The fraction of sp³-hybridized carbons (Fsp3) is 0.261. The molecule has 2 atom stereocenters. The fourth-order valence-electron chi connectivity index (χ4n) is 3.68. The molecule has 0 aliphatic carbocycles. The third kappa shape index (κ3) is 6.33. The number of carbonyl (C=O) groups excluding carboxylic acids is 2. The smallest absolute Gasteiger partial charge is 0.352 e. The van der Waals surface area contributed by atoms with E-state index in [1.165, 1.54) is 33.8 Å². The molecule has 2 amide bonds. The molecule has 0 unspecified atom stereocenters. The van der Waals surface area contributed by atoms with E-state index in [0.717, 1.165) is 17.0 Å². The number of carboxylic acid groups (broad SMARTS) is 1. The minimum atomic E-state index is -1.24. The number of anilines is 2. The summed E-state index contributed by atoms with van der Waals surface area (Å²) in [5.74, 6) is 0.684. The number of hydrogen-bond acceptors (Lipinski definition) is 13. The molecule has 4 heterocycles. The van der Waals surface area contributed by atoms with Crippen molar-refractivity contribution in [2.24, 2.45) is 5.16 Å². The second-order valence-corrected chi connectivity index (χ2v) is 11.0. The summed E-state index contributed by atoms with van der Waals surface area (Å²) in [5.41, 5.74) is 12.4. The number of hydrogen-bond donors (Lipinski definition) is 4. The van der Waals surface area contributed by atoms with Gasteiger partial charge in [-0.05, 0) is 18.6 Å². The molecular weight excluding hydrogens is 565 g/mol. The van der Waals surface area contributed by atoms with Crippen molar-refractivity contribution < 1.29 is 24.3 Å². The van der Waals surface area contributed by atoms with Gasteiger partial charge in [0.1, 0.15) is 27.8 Å². The lowest BCUT2D eigenvalue weighted by atomic mass is 10.0. The van der Waals surface area contributed by atoms with Crippen molar-refractivity contribution in [3.05, 3.63) is 46.3 Å². The van der Waals surface area contributed by atoms with Crippen molar-refractivity contribution in [3.8, 4) is 12.3 Å². The van der Waals surface area contributed by atoms with Gasteiger partial charge in [0.15, 0.2) is 17.5 Å². The average molecular weight is 587 g/mol. The maximum absolute atomic E-state index is 13.0. The van der Waals surface area contributed by atoms with Crippen LogP contribution in [-0.2, 0) is 19.2 Å². The SMILES string of the molecule is C#CCO/N=C(\C(=O)N[C@@H]1C(=O)N2C(C(=O)O)=C(/C=C/CSc3cc(C)nc(N)n3)CS[C@H]12)c1csc(N)n1. The minimum Gasteiger partial charge on any atom is -0.477 e. The van der Waals surface area contributed by atoms with Crippen LogP contribution in [0.2, 0.25) is 0 Å². The molecular formula is C23H22N8O5S3. The number of nitrogens with two attached hydrogens (primary N) is 2. The van der Waals surface area contributed by atoms with Crippen LogP contribution in [0.25, 0.3) is 0 Å². The number of rotatable bonds is 10. The number of aryl methyl sites for hydroxylation is 1. The van der Waals surface area contributed by atoms with E-state index in [-0.39, 0.29) is 34.8 Å². The Bertz CT molecular complexity index is 1430. The maximum Gasteiger partial charge on any atom is 0.352 e. The molecule has 1 fully saturated rings. The number of thioether (sulfide) groups is 2. The lowest BCUT2D eigenvalue weighted by molar-refractivity contribution is -0.150. The van der Waals surface area contributed by atoms with E-state index < -0.39 is 29.2 Å². The molecule has 2 aromatic rings. The predicted molar refractivity (Wildman–Crippen MR) is 149 cm³/mol. The van der Waals surface area contributed by atoms with Crippen molar-refractivity contribution in [2.75, 3.05) is 29.6 Å². The molecule has 0 spiro atoms. The molecule has 6 N–H and O–H groups in total. The van der Waals surface area contributed by atoms with Crippen LogP contribution < -0.4 is 16.8 Å². The first-order chi connectivity index (χ1) is 18.7. The van der Waals surface area contributed by atoms with Crippen LogP contribution in [0.3, 0.4) is 0 Å². The van der Waals surface area contributed by atoms with E-state index in [0.29, 0.717) is 22.1 Å².